The van der Waals surface area contributed by atoms with Gasteiger partial charge in [0.15, 0.2) is 5.11 Å². The van der Waals surface area contributed by atoms with Gasteiger partial charge in [-0.05, 0) is 67.2 Å². The lowest BCUT2D eigenvalue weighted by molar-refractivity contribution is -0.129. The van der Waals surface area contributed by atoms with E-state index in [0.717, 1.165) is 11.3 Å². The standard InChI is InChI=1S/C23H20ClN3O3S/c1-15-5-2-3-7-19(15)27-20(13-21(28)25-17-10-8-16(24)9-11-17)22(29)26(23(27)31)14-18-6-4-12-30-18/h2-12,20H,13-14H2,1H3,(H,25,28). The number of nitrogens with one attached hydrogen (secondary N) is 1. The fourth-order valence-electron chi connectivity index (χ4n) is 3.56. The summed E-state index contributed by atoms with van der Waals surface area (Å²) in [5.41, 5.74) is 2.37. The topological polar surface area (TPSA) is 65.8 Å². The molecule has 158 valence electrons. The molecule has 31 heavy (non-hydrogen) atoms. The fraction of sp³-hybridized carbons (Fsp3) is 0.174. The van der Waals surface area contributed by atoms with E-state index in [2.05, 4.69) is 5.32 Å². The number of aryl methyl sites for hydroxylation is 1. The average molecular weight is 454 g/mol. The zero-order valence-electron chi connectivity index (χ0n) is 16.7. The number of rotatable bonds is 6. The van der Waals surface area contributed by atoms with Crippen molar-refractivity contribution in [3.63, 3.8) is 0 Å². The Morgan fingerprint density at radius 3 is 2.55 bits per heavy atom. The molecule has 1 aliphatic heterocycles. The molecule has 2 heterocycles. The van der Waals surface area contributed by atoms with E-state index in [1.54, 1.807) is 47.6 Å². The van der Waals surface area contributed by atoms with E-state index in [1.807, 2.05) is 31.2 Å². The Labute approximate surface area is 190 Å². The van der Waals surface area contributed by atoms with Crippen molar-refractivity contribution in [2.75, 3.05) is 10.2 Å². The van der Waals surface area contributed by atoms with Crippen LogP contribution in [0.15, 0.2) is 71.3 Å². The summed E-state index contributed by atoms with van der Waals surface area (Å²) < 4.78 is 5.40. The summed E-state index contributed by atoms with van der Waals surface area (Å²) >= 11 is 11.6. The third-order valence-electron chi connectivity index (χ3n) is 5.08. The minimum absolute atomic E-state index is 0.0510. The van der Waals surface area contributed by atoms with Crippen molar-refractivity contribution in [2.24, 2.45) is 0 Å². The SMILES string of the molecule is Cc1ccccc1N1C(=S)N(Cc2ccco2)C(=O)C1CC(=O)Nc1ccc(Cl)cc1. The first-order valence-electron chi connectivity index (χ1n) is 9.72. The second-order valence-electron chi connectivity index (χ2n) is 7.22. The van der Waals surface area contributed by atoms with Crippen molar-refractivity contribution in [3.05, 3.63) is 83.3 Å². The second-order valence-corrected chi connectivity index (χ2v) is 8.02. The summed E-state index contributed by atoms with van der Waals surface area (Å²) in [5, 5.41) is 3.75. The van der Waals surface area contributed by atoms with E-state index >= 15 is 0 Å². The number of thiocarbonyl (C=S) groups is 1. The maximum Gasteiger partial charge on any atom is 0.252 e. The number of carbonyl (C=O) groups excluding carboxylic acids is 2. The number of furan rings is 1. The van der Waals surface area contributed by atoms with Crippen LogP contribution in [0, 0.1) is 6.92 Å². The van der Waals surface area contributed by atoms with Crippen molar-refractivity contribution < 1.29 is 14.0 Å². The Hall–Kier alpha value is -3.16. The quantitative estimate of drug-likeness (QED) is 0.544. The molecule has 1 unspecified atom stereocenters. The van der Waals surface area contributed by atoms with Crippen LogP contribution in [0.5, 0.6) is 0 Å². The minimum atomic E-state index is -0.754. The van der Waals surface area contributed by atoms with E-state index in [1.165, 1.54) is 4.90 Å². The second kappa shape index (κ2) is 8.91. The van der Waals surface area contributed by atoms with Gasteiger partial charge < -0.3 is 14.6 Å². The molecule has 1 fully saturated rings. The number of hydrogen-bond acceptors (Lipinski definition) is 4. The summed E-state index contributed by atoms with van der Waals surface area (Å²) in [7, 11) is 0. The van der Waals surface area contributed by atoms with Crippen molar-refractivity contribution in [1.29, 1.82) is 0 Å². The van der Waals surface area contributed by atoms with E-state index < -0.39 is 6.04 Å². The molecule has 1 aliphatic rings. The Morgan fingerprint density at radius 1 is 1.13 bits per heavy atom. The highest BCUT2D eigenvalue weighted by atomic mass is 35.5. The highest BCUT2D eigenvalue weighted by molar-refractivity contribution is 7.80. The van der Waals surface area contributed by atoms with Crippen molar-refractivity contribution in [3.8, 4) is 0 Å². The molecule has 3 aromatic rings. The smallest absolute Gasteiger partial charge is 0.252 e. The molecule has 2 aromatic carbocycles. The van der Waals surface area contributed by atoms with E-state index in [4.69, 9.17) is 28.2 Å². The molecule has 4 rings (SSSR count). The maximum absolute atomic E-state index is 13.3. The molecule has 6 nitrogen and oxygen atoms in total. The number of nitrogens with zero attached hydrogens (tertiary/aromatic N) is 2. The third-order valence-corrected chi connectivity index (χ3v) is 5.74. The predicted molar refractivity (Wildman–Crippen MR) is 124 cm³/mol. The highest BCUT2D eigenvalue weighted by Crippen LogP contribution is 2.31. The Kier molecular flexibility index (Phi) is 6.06. The first kappa shape index (κ1) is 21.1. The lowest BCUT2D eigenvalue weighted by Gasteiger charge is -2.25. The van der Waals surface area contributed by atoms with Gasteiger partial charge in [-0.15, -0.1) is 0 Å². The largest absolute Gasteiger partial charge is 0.467 e. The molecular formula is C23H20ClN3O3S. The van der Waals surface area contributed by atoms with E-state index in [0.29, 0.717) is 21.6 Å². The molecule has 0 saturated carbocycles. The van der Waals surface area contributed by atoms with E-state index in [9.17, 15) is 9.59 Å². The van der Waals surface area contributed by atoms with Gasteiger partial charge in [0, 0.05) is 16.4 Å². The Balaban J connectivity index is 1.61. The van der Waals surface area contributed by atoms with E-state index in [-0.39, 0.29) is 24.8 Å². The number of amides is 2. The summed E-state index contributed by atoms with van der Waals surface area (Å²) in [4.78, 5) is 29.4. The molecule has 0 bridgehead atoms. The molecule has 1 N–H and O–H groups in total. The monoisotopic (exact) mass is 453 g/mol. The van der Waals surface area contributed by atoms with Crippen LogP contribution in [0.1, 0.15) is 17.7 Å². The molecule has 0 aliphatic carbocycles. The van der Waals surface area contributed by atoms with Gasteiger partial charge in [0.2, 0.25) is 5.91 Å². The average Bonchev–Trinajstić information content (AvgIpc) is 3.34. The van der Waals surface area contributed by atoms with Gasteiger partial charge in [-0.1, -0.05) is 29.8 Å². The van der Waals surface area contributed by atoms with Crippen LogP contribution >= 0.6 is 23.8 Å². The number of para-hydroxylation sites is 1. The number of hydrogen-bond donors (Lipinski definition) is 1. The van der Waals surface area contributed by atoms with Gasteiger partial charge in [0.05, 0.1) is 19.2 Å². The summed E-state index contributed by atoms with van der Waals surface area (Å²) in [6.45, 7) is 2.16. The first-order valence-corrected chi connectivity index (χ1v) is 10.5. The van der Waals surface area contributed by atoms with Crippen LogP contribution < -0.4 is 10.2 Å². The molecule has 1 saturated heterocycles. The molecular weight excluding hydrogens is 434 g/mol. The predicted octanol–water partition coefficient (Wildman–Crippen LogP) is 4.77. The third kappa shape index (κ3) is 4.47. The molecule has 2 amide bonds. The van der Waals surface area contributed by atoms with Gasteiger partial charge in [-0.2, -0.15) is 0 Å². The maximum atomic E-state index is 13.3. The van der Waals surface area contributed by atoms with Crippen molar-refractivity contribution in [2.45, 2.75) is 25.9 Å². The highest BCUT2D eigenvalue weighted by Gasteiger charge is 2.44. The molecule has 0 radical (unpaired) electrons. The lowest BCUT2D eigenvalue weighted by Crippen LogP contribution is -2.38. The van der Waals surface area contributed by atoms with Crippen LogP contribution in [0.2, 0.25) is 5.02 Å². The summed E-state index contributed by atoms with van der Waals surface area (Å²) in [6.07, 6.45) is 1.50. The number of anilines is 2. The van der Waals surface area contributed by atoms with Crippen LogP contribution in [-0.4, -0.2) is 27.9 Å². The van der Waals surface area contributed by atoms with Crippen LogP contribution in [-0.2, 0) is 16.1 Å². The Bertz CT molecular complexity index is 1120. The van der Waals surface area contributed by atoms with Crippen LogP contribution in [0.3, 0.4) is 0 Å². The molecule has 1 aromatic heterocycles. The zero-order valence-corrected chi connectivity index (χ0v) is 18.3. The molecule has 1 atom stereocenters. The fourth-order valence-corrected chi connectivity index (χ4v) is 4.06. The van der Waals surface area contributed by atoms with Gasteiger partial charge >= 0.3 is 0 Å². The minimum Gasteiger partial charge on any atom is -0.467 e. The summed E-state index contributed by atoms with van der Waals surface area (Å²) in [5.74, 6) is 0.0875. The van der Waals surface area contributed by atoms with Gasteiger partial charge in [0.25, 0.3) is 5.91 Å². The number of benzene rings is 2. The zero-order chi connectivity index (χ0) is 22.0. The molecule has 0 spiro atoms. The Morgan fingerprint density at radius 2 is 1.87 bits per heavy atom. The van der Waals surface area contributed by atoms with Crippen molar-refractivity contribution in [1.82, 2.24) is 4.90 Å². The van der Waals surface area contributed by atoms with Gasteiger partial charge in [0.1, 0.15) is 11.8 Å². The number of halogens is 1. The van der Waals surface area contributed by atoms with Crippen molar-refractivity contribution >= 4 is 52.1 Å². The molecule has 8 heteroatoms. The first-order chi connectivity index (χ1) is 14.9. The van der Waals surface area contributed by atoms with Gasteiger partial charge in [-0.3, -0.25) is 14.5 Å². The van der Waals surface area contributed by atoms with Gasteiger partial charge in [-0.25, -0.2) is 0 Å². The van der Waals surface area contributed by atoms with Crippen LogP contribution in [0.25, 0.3) is 0 Å². The number of carbonyl (C=O) groups is 2. The van der Waals surface area contributed by atoms with Crippen LogP contribution in [0.4, 0.5) is 11.4 Å². The normalized spacial score (nSPS) is 16.1. The summed E-state index contributed by atoms with van der Waals surface area (Å²) in [6, 6.07) is 17.2. The lowest BCUT2D eigenvalue weighted by atomic mass is 10.1.